The number of thiophene rings is 1. The van der Waals surface area contributed by atoms with Crippen molar-refractivity contribution in [2.24, 2.45) is 0 Å². The van der Waals surface area contributed by atoms with E-state index in [1.165, 1.54) is 6.07 Å². The van der Waals surface area contributed by atoms with Crippen LogP contribution in [0.5, 0.6) is 5.75 Å². The summed E-state index contributed by atoms with van der Waals surface area (Å²) in [6, 6.07) is 10.3. The molecule has 5 nitrogen and oxygen atoms in total. The quantitative estimate of drug-likeness (QED) is 0.888. The molecule has 0 atom stereocenters. The van der Waals surface area contributed by atoms with Crippen LogP contribution in [0.4, 0.5) is 5.00 Å². The van der Waals surface area contributed by atoms with Gasteiger partial charge in [-0.2, -0.15) is 0 Å². The third-order valence-corrected chi connectivity index (χ3v) is 3.59. The second-order valence-corrected chi connectivity index (χ2v) is 5.13. The number of carboxylic acids is 1. The second kappa shape index (κ2) is 6.21. The van der Waals surface area contributed by atoms with Gasteiger partial charge in [-0.15, -0.1) is 11.3 Å². The molecule has 0 aliphatic carbocycles. The Kier molecular flexibility index (Phi) is 4.37. The normalized spacial score (nSPS) is 10.1. The van der Waals surface area contributed by atoms with Crippen molar-refractivity contribution in [3.8, 4) is 5.75 Å². The molecule has 1 heterocycles. The molecular formula is C14H13NO4S. The number of rotatable bonds is 5. The average molecular weight is 291 g/mol. The van der Waals surface area contributed by atoms with Gasteiger partial charge in [0.05, 0.1) is 18.5 Å². The second-order valence-electron chi connectivity index (χ2n) is 4.04. The summed E-state index contributed by atoms with van der Waals surface area (Å²) in [6.45, 7) is 0. The molecule has 0 spiro atoms. The summed E-state index contributed by atoms with van der Waals surface area (Å²) in [5, 5.41) is 12.0. The predicted molar refractivity (Wildman–Crippen MR) is 76.6 cm³/mol. The molecule has 20 heavy (non-hydrogen) atoms. The monoisotopic (exact) mass is 291 g/mol. The molecule has 0 aliphatic heterocycles. The van der Waals surface area contributed by atoms with Gasteiger partial charge in [0.2, 0.25) is 5.91 Å². The molecule has 0 bridgehead atoms. The summed E-state index contributed by atoms with van der Waals surface area (Å²) in [5.74, 6) is -0.446. The van der Waals surface area contributed by atoms with Crippen LogP contribution >= 0.6 is 11.3 Å². The van der Waals surface area contributed by atoms with Gasteiger partial charge in [-0.25, -0.2) is 4.79 Å². The van der Waals surface area contributed by atoms with Crippen LogP contribution in [0.25, 0.3) is 0 Å². The van der Waals surface area contributed by atoms with Gasteiger partial charge in [0.1, 0.15) is 10.6 Å². The van der Waals surface area contributed by atoms with Crippen molar-refractivity contribution >= 4 is 28.2 Å². The fourth-order valence-corrected chi connectivity index (χ4v) is 2.39. The summed E-state index contributed by atoms with van der Waals surface area (Å²) in [7, 11) is 1.58. The van der Waals surface area contributed by atoms with E-state index >= 15 is 0 Å². The molecule has 104 valence electrons. The zero-order valence-electron chi connectivity index (χ0n) is 10.8. The lowest BCUT2D eigenvalue weighted by Crippen LogP contribution is -2.13. The van der Waals surface area contributed by atoms with E-state index in [1.807, 2.05) is 12.1 Å². The zero-order valence-corrected chi connectivity index (χ0v) is 11.6. The van der Waals surface area contributed by atoms with E-state index in [4.69, 9.17) is 9.84 Å². The number of hydrogen-bond acceptors (Lipinski definition) is 4. The van der Waals surface area contributed by atoms with Crippen molar-refractivity contribution in [3.63, 3.8) is 0 Å². The van der Waals surface area contributed by atoms with E-state index in [0.717, 1.165) is 22.6 Å². The van der Waals surface area contributed by atoms with Crippen molar-refractivity contribution in [3.05, 3.63) is 46.8 Å². The van der Waals surface area contributed by atoms with Gasteiger partial charge >= 0.3 is 5.97 Å². The Balaban J connectivity index is 1.95. The summed E-state index contributed by atoms with van der Waals surface area (Å²) < 4.78 is 5.04. The minimum absolute atomic E-state index is 0.186. The molecule has 2 aromatic rings. The van der Waals surface area contributed by atoms with Crippen molar-refractivity contribution in [1.82, 2.24) is 0 Å². The number of hydrogen-bond donors (Lipinski definition) is 2. The van der Waals surface area contributed by atoms with Gasteiger partial charge in [-0.3, -0.25) is 4.79 Å². The number of carbonyl (C=O) groups is 2. The van der Waals surface area contributed by atoms with Crippen LogP contribution in [0, 0.1) is 0 Å². The Morgan fingerprint density at radius 2 is 1.90 bits per heavy atom. The standard InChI is InChI=1S/C14H13NO4S/c1-19-10-4-2-9(3-5-10)8-12(16)15-13-7-6-11(20-13)14(17)18/h2-7H,8H2,1H3,(H,15,16)(H,17,18). The van der Waals surface area contributed by atoms with Crippen LogP contribution in [0.3, 0.4) is 0 Å². The number of carboxylic acid groups (broad SMARTS) is 1. The van der Waals surface area contributed by atoms with Crippen LogP contribution in [0.2, 0.25) is 0 Å². The molecule has 2 rings (SSSR count). The molecule has 0 saturated carbocycles. The topological polar surface area (TPSA) is 75.6 Å². The number of nitrogens with one attached hydrogen (secondary N) is 1. The van der Waals surface area contributed by atoms with E-state index in [0.29, 0.717) is 5.00 Å². The minimum Gasteiger partial charge on any atom is -0.497 e. The molecule has 1 aromatic heterocycles. The van der Waals surface area contributed by atoms with Crippen molar-refractivity contribution in [2.45, 2.75) is 6.42 Å². The highest BCUT2D eigenvalue weighted by atomic mass is 32.1. The van der Waals surface area contributed by atoms with Crippen LogP contribution in [0.15, 0.2) is 36.4 Å². The molecule has 6 heteroatoms. The lowest BCUT2D eigenvalue weighted by molar-refractivity contribution is -0.115. The van der Waals surface area contributed by atoms with E-state index < -0.39 is 5.97 Å². The van der Waals surface area contributed by atoms with Crippen LogP contribution < -0.4 is 10.1 Å². The highest BCUT2D eigenvalue weighted by molar-refractivity contribution is 7.18. The van der Waals surface area contributed by atoms with Gasteiger partial charge in [-0.05, 0) is 29.8 Å². The smallest absolute Gasteiger partial charge is 0.345 e. The third kappa shape index (κ3) is 3.58. The van der Waals surface area contributed by atoms with Gasteiger partial charge in [0.25, 0.3) is 0 Å². The zero-order chi connectivity index (χ0) is 14.5. The Morgan fingerprint density at radius 3 is 2.45 bits per heavy atom. The fraction of sp³-hybridized carbons (Fsp3) is 0.143. The molecule has 0 aliphatic rings. The number of amides is 1. The number of aromatic carboxylic acids is 1. The molecule has 2 N–H and O–H groups in total. The Morgan fingerprint density at radius 1 is 1.20 bits per heavy atom. The number of carbonyl (C=O) groups excluding carboxylic acids is 1. The largest absolute Gasteiger partial charge is 0.497 e. The first-order valence-electron chi connectivity index (χ1n) is 5.84. The number of benzene rings is 1. The van der Waals surface area contributed by atoms with E-state index in [-0.39, 0.29) is 17.2 Å². The summed E-state index contributed by atoms with van der Waals surface area (Å²) in [5.41, 5.74) is 0.860. The fourth-order valence-electron chi connectivity index (χ4n) is 1.63. The lowest BCUT2D eigenvalue weighted by Gasteiger charge is -2.04. The van der Waals surface area contributed by atoms with Gasteiger partial charge in [-0.1, -0.05) is 12.1 Å². The van der Waals surface area contributed by atoms with Gasteiger partial charge < -0.3 is 15.2 Å². The molecular weight excluding hydrogens is 278 g/mol. The molecule has 0 fully saturated rings. The summed E-state index contributed by atoms with van der Waals surface area (Å²) in [4.78, 5) is 22.8. The number of anilines is 1. The number of ether oxygens (including phenoxy) is 1. The van der Waals surface area contributed by atoms with Crippen molar-refractivity contribution in [2.75, 3.05) is 12.4 Å². The highest BCUT2D eigenvalue weighted by Crippen LogP contribution is 2.22. The van der Waals surface area contributed by atoms with Crippen molar-refractivity contribution < 1.29 is 19.4 Å². The molecule has 1 amide bonds. The molecule has 0 radical (unpaired) electrons. The Hall–Kier alpha value is -2.34. The Labute approximate surface area is 119 Å². The van der Waals surface area contributed by atoms with Crippen LogP contribution in [-0.4, -0.2) is 24.1 Å². The first-order valence-corrected chi connectivity index (χ1v) is 6.66. The van der Waals surface area contributed by atoms with Gasteiger partial charge in [0, 0.05) is 0 Å². The average Bonchev–Trinajstić information content (AvgIpc) is 2.88. The summed E-state index contributed by atoms with van der Waals surface area (Å²) >= 11 is 1.03. The van der Waals surface area contributed by atoms with Crippen molar-refractivity contribution in [1.29, 1.82) is 0 Å². The van der Waals surface area contributed by atoms with Gasteiger partial charge in [0.15, 0.2) is 0 Å². The first kappa shape index (κ1) is 14.1. The first-order chi connectivity index (χ1) is 9.58. The predicted octanol–water partition coefficient (Wildman–Crippen LogP) is 2.64. The maximum absolute atomic E-state index is 11.8. The van der Waals surface area contributed by atoms with Crippen LogP contribution in [-0.2, 0) is 11.2 Å². The van der Waals surface area contributed by atoms with E-state index in [1.54, 1.807) is 25.3 Å². The third-order valence-electron chi connectivity index (χ3n) is 2.60. The molecule has 0 saturated heterocycles. The Bertz CT molecular complexity index is 618. The van der Waals surface area contributed by atoms with E-state index in [2.05, 4.69) is 5.32 Å². The van der Waals surface area contributed by atoms with Crippen LogP contribution in [0.1, 0.15) is 15.2 Å². The summed E-state index contributed by atoms with van der Waals surface area (Å²) in [6.07, 6.45) is 0.226. The minimum atomic E-state index is -0.995. The highest BCUT2D eigenvalue weighted by Gasteiger charge is 2.09. The number of methoxy groups -OCH3 is 1. The molecule has 0 unspecified atom stereocenters. The van der Waals surface area contributed by atoms with E-state index in [9.17, 15) is 9.59 Å². The SMILES string of the molecule is COc1ccc(CC(=O)Nc2ccc(C(=O)O)s2)cc1. The lowest BCUT2D eigenvalue weighted by atomic mass is 10.1. The maximum atomic E-state index is 11.8. The maximum Gasteiger partial charge on any atom is 0.345 e. The molecule has 1 aromatic carbocycles.